The Morgan fingerprint density at radius 3 is 1.47 bits per heavy atom. The lowest BCUT2D eigenvalue weighted by atomic mass is 10.4. The molecular formula is C7H21N3O6S. The van der Waals surface area contributed by atoms with E-state index in [0.717, 1.165) is 0 Å². The van der Waals surface area contributed by atoms with Crippen molar-refractivity contribution >= 4 is 16.1 Å². The molecule has 0 amide bonds. The molecule has 0 heterocycles. The monoisotopic (exact) mass is 275 g/mol. The second-order valence-corrected chi connectivity index (χ2v) is 4.24. The van der Waals surface area contributed by atoms with Gasteiger partial charge in [-0.15, -0.1) is 0 Å². The van der Waals surface area contributed by atoms with Gasteiger partial charge >= 0.3 is 5.97 Å². The van der Waals surface area contributed by atoms with Crippen LogP contribution >= 0.6 is 0 Å². The van der Waals surface area contributed by atoms with Crippen molar-refractivity contribution in [1.29, 1.82) is 0 Å². The Balaban J connectivity index is -0.000000180. The van der Waals surface area contributed by atoms with Crippen LogP contribution in [0.2, 0.25) is 0 Å². The molecule has 0 radical (unpaired) electrons. The van der Waals surface area contributed by atoms with Gasteiger partial charge in [0.25, 0.3) is 10.1 Å². The molecule has 0 spiro atoms. The molecule has 0 aromatic rings. The normalized spacial score (nSPS) is 11.4. The van der Waals surface area contributed by atoms with Gasteiger partial charge < -0.3 is 27.4 Å². The summed E-state index contributed by atoms with van der Waals surface area (Å²) in [6, 6.07) is 0. The average molecular weight is 275 g/mol. The van der Waals surface area contributed by atoms with Crippen molar-refractivity contribution in [2.75, 3.05) is 25.4 Å². The second-order valence-electron chi connectivity index (χ2n) is 2.67. The molecule has 9 nitrogen and oxygen atoms in total. The van der Waals surface area contributed by atoms with Gasteiger partial charge in [0.1, 0.15) is 6.10 Å². The fourth-order valence-electron chi connectivity index (χ4n) is 0.149. The first-order valence-corrected chi connectivity index (χ1v) is 6.19. The number of carboxylic acids is 1. The first kappa shape index (κ1) is 21.5. The molecule has 9 N–H and O–H groups in total. The van der Waals surface area contributed by atoms with E-state index < -0.39 is 22.2 Å². The third kappa shape index (κ3) is 39.4. The topological polar surface area (TPSA) is 190 Å². The lowest BCUT2D eigenvalue weighted by Gasteiger charge is -1.89. The van der Waals surface area contributed by atoms with Crippen molar-refractivity contribution in [3.8, 4) is 0 Å². The van der Waals surface area contributed by atoms with Crippen molar-refractivity contribution in [1.82, 2.24) is 0 Å². The molecule has 0 fully saturated rings. The van der Waals surface area contributed by atoms with E-state index in [2.05, 4.69) is 0 Å². The Hall–Kier alpha value is -0.780. The fourth-order valence-corrected chi connectivity index (χ4v) is 0.447. The molecule has 106 valence electrons. The molecule has 0 aromatic heterocycles. The predicted molar refractivity (Wildman–Crippen MR) is 62.9 cm³/mol. The fraction of sp³-hybridized carbons (Fsp3) is 0.857. The molecule has 0 aliphatic carbocycles. The van der Waals surface area contributed by atoms with Crippen LogP contribution in [0, 0.1) is 0 Å². The highest BCUT2D eigenvalue weighted by atomic mass is 32.2. The molecule has 0 saturated heterocycles. The van der Waals surface area contributed by atoms with Crippen molar-refractivity contribution in [2.45, 2.75) is 13.0 Å². The van der Waals surface area contributed by atoms with Gasteiger partial charge in [0.05, 0.1) is 5.75 Å². The Bertz CT molecular complexity index is 265. The Kier molecular flexibility index (Phi) is 16.8. The standard InChI is InChI=1S/C3H6O3.C2H8N2.C2H7NO3S/c1-2(4)3(5)6;3-1-2-4;3-1-2-7(4,5)6/h2,4H,1H3,(H,5,6);1-4H2;1-3H2,(H,4,5,6). The molecule has 0 bridgehead atoms. The molecular weight excluding hydrogens is 254 g/mol. The van der Waals surface area contributed by atoms with Gasteiger partial charge in [-0.2, -0.15) is 8.42 Å². The molecule has 0 rings (SSSR count). The number of hydrogen-bond acceptors (Lipinski definition) is 7. The predicted octanol–water partition coefficient (Wildman–Crippen LogP) is -2.81. The summed E-state index contributed by atoms with van der Waals surface area (Å²) in [5.74, 6) is -1.54. The van der Waals surface area contributed by atoms with Crippen molar-refractivity contribution in [2.24, 2.45) is 17.2 Å². The van der Waals surface area contributed by atoms with Crippen LogP contribution in [0.5, 0.6) is 0 Å². The minimum Gasteiger partial charge on any atom is -0.479 e. The summed E-state index contributed by atoms with van der Waals surface area (Å²) >= 11 is 0. The van der Waals surface area contributed by atoms with Gasteiger partial charge in [-0.3, -0.25) is 4.55 Å². The van der Waals surface area contributed by atoms with Crippen LogP contribution in [0.15, 0.2) is 0 Å². The summed E-state index contributed by atoms with van der Waals surface area (Å²) in [6.45, 7) is 2.36. The SMILES string of the molecule is CC(O)C(=O)O.NCCN.NCCS(=O)(=O)O. The van der Waals surface area contributed by atoms with Crippen LogP contribution in [-0.2, 0) is 14.9 Å². The minimum atomic E-state index is -3.80. The van der Waals surface area contributed by atoms with E-state index in [9.17, 15) is 13.2 Å². The van der Waals surface area contributed by atoms with Gasteiger partial charge in [0.2, 0.25) is 0 Å². The quantitative estimate of drug-likeness (QED) is 0.294. The third-order valence-corrected chi connectivity index (χ3v) is 1.65. The maximum Gasteiger partial charge on any atom is 0.332 e. The number of hydrogen-bond donors (Lipinski definition) is 6. The van der Waals surface area contributed by atoms with Crippen LogP contribution in [0.1, 0.15) is 6.92 Å². The Morgan fingerprint density at radius 2 is 1.47 bits per heavy atom. The van der Waals surface area contributed by atoms with Crippen LogP contribution in [-0.4, -0.2) is 60.6 Å². The van der Waals surface area contributed by atoms with E-state index in [1.807, 2.05) is 0 Å². The zero-order chi connectivity index (χ0) is 14.5. The summed E-state index contributed by atoms with van der Waals surface area (Å²) in [6.07, 6.45) is -1.23. The number of carbonyl (C=O) groups is 1. The van der Waals surface area contributed by atoms with E-state index in [0.29, 0.717) is 13.1 Å². The second kappa shape index (κ2) is 13.3. The molecule has 17 heavy (non-hydrogen) atoms. The van der Waals surface area contributed by atoms with E-state index in [1.54, 1.807) is 0 Å². The number of aliphatic hydroxyl groups excluding tert-OH is 1. The van der Waals surface area contributed by atoms with Gasteiger partial charge in [-0.25, -0.2) is 4.79 Å². The van der Waals surface area contributed by atoms with E-state index in [4.69, 9.17) is 32.0 Å². The van der Waals surface area contributed by atoms with E-state index in [-0.39, 0.29) is 12.3 Å². The maximum absolute atomic E-state index is 9.71. The highest BCUT2D eigenvalue weighted by molar-refractivity contribution is 7.85. The highest BCUT2D eigenvalue weighted by Crippen LogP contribution is 1.74. The average Bonchev–Trinajstić information content (AvgIpc) is 2.17. The van der Waals surface area contributed by atoms with Gasteiger partial charge in [0, 0.05) is 19.6 Å². The van der Waals surface area contributed by atoms with Crippen molar-refractivity contribution < 1.29 is 28.0 Å². The van der Waals surface area contributed by atoms with Crippen LogP contribution in [0.25, 0.3) is 0 Å². The van der Waals surface area contributed by atoms with E-state index in [1.165, 1.54) is 6.92 Å². The van der Waals surface area contributed by atoms with Gasteiger partial charge in [-0.1, -0.05) is 0 Å². The lowest BCUT2D eigenvalue weighted by molar-refractivity contribution is -0.145. The summed E-state index contributed by atoms with van der Waals surface area (Å²) < 4.78 is 27.3. The molecule has 0 aromatic carbocycles. The zero-order valence-corrected chi connectivity index (χ0v) is 10.4. The molecule has 0 aliphatic heterocycles. The number of rotatable bonds is 4. The zero-order valence-electron chi connectivity index (χ0n) is 9.61. The van der Waals surface area contributed by atoms with Gasteiger partial charge in [-0.05, 0) is 6.92 Å². The van der Waals surface area contributed by atoms with Crippen molar-refractivity contribution in [3.63, 3.8) is 0 Å². The molecule has 0 saturated carbocycles. The van der Waals surface area contributed by atoms with Crippen molar-refractivity contribution in [3.05, 3.63) is 0 Å². The molecule has 0 aliphatic rings. The smallest absolute Gasteiger partial charge is 0.332 e. The number of aliphatic carboxylic acids is 1. The number of carboxylic acid groups (broad SMARTS) is 1. The van der Waals surface area contributed by atoms with E-state index >= 15 is 0 Å². The van der Waals surface area contributed by atoms with Gasteiger partial charge in [0.15, 0.2) is 0 Å². The first-order chi connectivity index (χ1) is 7.62. The third-order valence-electron chi connectivity index (χ3n) is 0.900. The summed E-state index contributed by atoms with van der Waals surface area (Å²) in [4.78, 5) is 9.45. The lowest BCUT2D eigenvalue weighted by Crippen LogP contribution is -2.13. The Morgan fingerprint density at radius 1 is 1.18 bits per heavy atom. The summed E-state index contributed by atoms with van der Waals surface area (Å²) in [5.41, 5.74) is 14.6. The van der Waals surface area contributed by atoms with Crippen LogP contribution < -0.4 is 17.2 Å². The molecule has 1 unspecified atom stereocenters. The molecule has 1 atom stereocenters. The largest absolute Gasteiger partial charge is 0.479 e. The Labute approximate surface area is 100 Å². The van der Waals surface area contributed by atoms with Crippen LogP contribution in [0.4, 0.5) is 0 Å². The van der Waals surface area contributed by atoms with Crippen LogP contribution in [0.3, 0.4) is 0 Å². The highest BCUT2D eigenvalue weighted by Gasteiger charge is 2.01. The number of aliphatic hydroxyl groups is 1. The summed E-state index contributed by atoms with van der Waals surface area (Å²) in [7, 11) is -3.80. The molecule has 10 heteroatoms. The minimum absolute atomic E-state index is 0.0289. The maximum atomic E-state index is 9.71. The first-order valence-electron chi connectivity index (χ1n) is 4.58. The summed E-state index contributed by atoms with van der Waals surface area (Å²) in [5, 5.41) is 15.8. The number of nitrogens with two attached hydrogens (primary N) is 3.